The van der Waals surface area contributed by atoms with Gasteiger partial charge in [0.1, 0.15) is 18.4 Å². The van der Waals surface area contributed by atoms with Crippen molar-refractivity contribution in [2.24, 2.45) is 0 Å². The summed E-state index contributed by atoms with van der Waals surface area (Å²) in [6.07, 6.45) is 0.343. The fraction of sp³-hybridized carbons (Fsp3) is 0.571. The Labute approximate surface area is 187 Å². The van der Waals surface area contributed by atoms with Crippen LogP contribution in [0.15, 0.2) is 30.3 Å². The van der Waals surface area contributed by atoms with E-state index in [1.54, 1.807) is 24.3 Å². The molecule has 1 saturated heterocycles. The summed E-state index contributed by atoms with van der Waals surface area (Å²) in [5.74, 6) is -3.10. The second-order valence-electron chi connectivity index (χ2n) is 7.56. The SMILES string of the molecule is CCCCC(NC(=O)OCc1ccccc1)P(=O)(O)OC(C)C(=O)OC(=O)[C@@H]1CCCN1. The summed E-state index contributed by atoms with van der Waals surface area (Å²) < 4.78 is 27.8. The highest BCUT2D eigenvalue weighted by Gasteiger charge is 2.38. The standard InChI is InChI=1S/C21H31N2O8P/c1-3-4-12-18(23-21(26)29-14-16-9-6-5-7-10-16)32(27,28)31-15(2)19(24)30-20(25)17-11-8-13-22-17/h5-7,9-10,15,17-18,22H,3-4,8,11-14H2,1-2H3,(H,23,26)(H,27,28)/t15?,17-,18?/m0/s1. The number of alkyl carbamates (subject to hydrolysis) is 1. The molecule has 1 aromatic rings. The molecule has 3 unspecified atom stereocenters. The molecule has 0 bridgehead atoms. The van der Waals surface area contributed by atoms with Crippen LogP contribution < -0.4 is 10.6 Å². The first kappa shape index (κ1) is 26.0. The van der Waals surface area contributed by atoms with Gasteiger partial charge in [0.2, 0.25) is 0 Å². The summed E-state index contributed by atoms with van der Waals surface area (Å²) in [4.78, 5) is 46.8. The van der Waals surface area contributed by atoms with Crippen LogP contribution in [0.25, 0.3) is 0 Å². The van der Waals surface area contributed by atoms with Crippen molar-refractivity contribution in [2.45, 2.75) is 70.5 Å². The highest BCUT2D eigenvalue weighted by Crippen LogP contribution is 2.49. The third-order valence-electron chi connectivity index (χ3n) is 4.91. The van der Waals surface area contributed by atoms with Gasteiger partial charge in [0.05, 0.1) is 0 Å². The Morgan fingerprint density at radius 2 is 2.00 bits per heavy atom. The molecule has 11 heteroatoms. The summed E-state index contributed by atoms with van der Waals surface area (Å²) in [6.45, 7) is 3.74. The predicted molar refractivity (Wildman–Crippen MR) is 116 cm³/mol. The van der Waals surface area contributed by atoms with E-state index in [0.717, 1.165) is 12.0 Å². The maximum Gasteiger partial charge on any atom is 0.408 e. The Balaban J connectivity index is 1.93. The fourth-order valence-electron chi connectivity index (χ4n) is 3.10. The summed E-state index contributed by atoms with van der Waals surface area (Å²) in [5, 5.41) is 5.27. The minimum atomic E-state index is -4.50. The van der Waals surface area contributed by atoms with Gasteiger partial charge in [-0.2, -0.15) is 0 Å². The number of ether oxygens (including phenoxy) is 2. The minimum absolute atomic E-state index is 0.0101. The molecule has 1 aliphatic heterocycles. The lowest BCUT2D eigenvalue weighted by atomic mass is 10.2. The first-order valence-electron chi connectivity index (χ1n) is 10.7. The lowest BCUT2D eigenvalue weighted by molar-refractivity contribution is -0.165. The van der Waals surface area contributed by atoms with E-state index in [-0.39, 0.29) is 13.0 Å². The summed E-state index contributed by atoms with van der Waals surface area (Å²) in [5.41, 5.74) is 0.758. The summed E-state index contributed by atoms with van der Waals surface area (Å²) in [7, 11) is -4.50. The zero-order chi connectivity index (χ0) is 23.6. The predicted octanol–water partition coefficient (Wildman–Crippen LogP) is 2.84. The van der Waals surface area contributed by atoms with Gasteiger partial charge >= 0.3 is 25.6 Å². The molecule has 1 aliphatic rings. The van der Waals surface area contributed by atoms with Crippen LogP contribution in [0.3, 0.4) is 0 Å². The van der Waals surface area contributed by atoms with Crippen molar-refractivity contribution in [3.05, 3.63) is 35.9 Å². The van der Waals surface area contributed by atoms with Gasteiger partial charge in [0, 0.05) is 0 Å². The molecule has 2 rings (SSSR count). The Bertz CT molecular complexity index is 813. The van der Waals surface area contributed by atoms with Crippen molar-refractivity contribution in [1.29, 1.82) is 0 Å². The molecule has 178 valence electrons. The van der Waals surface area contributed by atoms with Crippen LogP contribution >= 0.6 is 7.60 Å². The molecular weight excluding hydrogens is 439 g/mol. The van der Waals surface area contributed by atoms with Crippen molar-refractivity contribution in [2.75, 3.05) is 6.54 Å². The second-order valence-corrected chi connectivity index (χ2v) is 9.53. The normalized spacial score (nSPS) is 19.4. The first-order chi connectivity index (χ1) is 15.2. The van der Waals surface area contributed by atoms with E-state index >= 15 is 0 Å². The number of unbranched alkanes of at least 4 members (excludes halogenated alkanes) is 1. The number of hydrogen-bond donors (Lipinski definition) is 3. The maximum atomic E-state index is 12.8. The number of carbonyl (C=O) groups excluding carboxylic acids is 3. The van der Waals surface area contributed by atoms with E-state index in [0.29, 0.717) is 25.8 Å². The smallest absolute Gasteiger partial charge is 0.408 e. The zero-order valence-corrected chi connectivity index (χ0v) is 19.2. The average molecular weight is 470 g/mol. The Kier molecular flexibility index (Phi) is 10.3. The van der Waals surface area contributed by atoms with E-state index in [2.05, 4.69) is 10.6 Å². The number of hydrogen-bond acceptors (Lipinski definition) is 8. The van der Waals surface area contributed by atoms with Crippen molar-refractivity contribution in [3.63, 3.8) is 0 Å². The largest absolute Gasteiger partial charge is 0.445 e. The van der Waals surface area contributed by atoms with Crippen LogP contribution in [0, 0.1) is 0 Å². The average Bonchev–Trinajstić information content (AvgIpc) is 3.30. The molecule has 3 N–H and O–H groups in total. The van der Waals surface area contributed by atoms with E-state index in [1.807, 2.05) is 13.0 Å². The van der Waals surface area contributed by atoms with Gasteiger partial charge in [-0.15, -0.1) is 0 Å². The second kappa shape index (κ2) is 12.7. The van der Waals surface area contributed by atoms with Crippen molar-refractivity contribution >= 4 is 25.6 Å². The maximum absolute atomic E-state index is 12.8. The lowest BCUT2D eigenvalue weighted by Gasteiger charge is -2.25. The van der Waals surface area contributed by atoms with Gasteiger partial charge in [0.25, 0.3) is 0 Å². The fourth-order valence-corrected chi connectivity index (χ4v) is 4.56. The third-order valence-corrected chi connectivity index (χ3v) is 6.70. The minimum Gasteiger partial charge on any atom is -0.445 e. The van der Waals surface area contributed by atoms with E-state index < -0.39 is 43.6 Å². The van der Waals surface area contributed by atoms with Crippen molar-refractivity contribution < 1.29 is 37.8 Å². The molecule has 0 aromatic heterocycles. The molecule has 0 spiro atoms. The van der Waals surface area contributed by atoms with E-state index in [9.17, 15) is 23.8 Å². The van der Waals surface area contributed by atoms with Crippen LogP contribution in [0.4, 0.5) is 4.79 Å². The number of esters is 2. The molecule has 1 aromatic carbocycles. The molecule has 32 heavy (non-hydrogen) atoms. The van der Waals surface area contributed by atoms with Gasteiger partial charge in [-0.25, -0.2) is 14.4 Å². The topological polar surface area (TPSA) is 140 Å². The molecule has 0 radical (unpaired) electrons. The third kappa shape index (κ3) is 8.35. The molecule has 1 heterocycles. The Morgan fingerprint density at radius 1 is 1.28 bits per heavy atom. The molecule has 0 saturated carbocycles. The molecule has 1 amide bonds. The van der Waals surface area contributed by atoms with Crippen molar-refractivity contribution in [3.8, 4) is 0 Å². The highest BCUT2D eigenvalue weighted by molar-refractivity contribution is 7.53. The van der Waals surface area contributed by atoms with Crippen LogP contribution in [0.5, 0.6) is 0 Å². The number of nitrogens with one attached hydrogen (secondary N) is 2. The monoisotopic (exact) mass is 470 g/mol. The molecule has 10 nitrogen and oxygen atoms in total. The number of carbonyl (C=O) groups is 3. The van der Waals surface area contributed by atoms with E-state index in [1.165, 1.54) is 6.92 Å². The quantitative estimate of drug-likeness (QED) is 0.253. The summed E-state index contributed by atoms with van der Waals surface area (Å²) >= 11 is 0. The molecule has 0 aliphatic carbocycles. The number of benzene rings is 1. The van der Waals surface area contributed by atoms with Crippen LogP contribution in [-0.2, 0) is 34.8 Å². The van der Waals surface area contributed by atoms with Crippen LogP contribution in [0.2, 0.25) is 0 Å². The van der Waals surface area contributed by atoms with Gasteiger partial charge < -0.3 is 25.0 Å². The van der Waals surface area contributed by atoms with Gasteiger partial charge in [-0.3, -0.25) is 9.09 Å². The van der Waals surface area contributed by atoms with Crippen LogP contribution in [-0.4, -0.2) is 47.4 Å². The Morgan fingerprint density at radius 3 is 2.62 bits per heavy atom. The van der Waals surface area contributed by atoms with Gasteiger partial charge in [-0.05, 0) is 38.3 Å². The van der Waals surface area contributed by atoms with Gasteiger partial charge in [-0.1, -0.05) is 50.1 Å². The first-order valence-corrected chi connectivity index (χ1v) is 12.3. The summed E-state index contributed by atoms with van der Waals surface area (Å²) in [6, 6.07) is 8.39. The molecular formula is C21H31N2O8P. The zero-order valence-electron chi connectivity index (χ0n) is 18.3. The van der Waals surface area contributed by atoms with Crippen molar-refractivity contribution in [1.82, 2.24) is 10.6 Å². The lowest BCUT2D eigenvalue weighted by Crippen LogP contribution is -2.38. The molecule has 1 fully saturated rings. The van der Waals surface area contributed by atoms with Crippen LogP contribution in [0.1, 0.15) is 51.5 Å². The number of amides is 1. The van der Waals surface area contributed by atoms with E-state index in [4.69, 9.17) is 14.0 Å². The highest BCUT2D eigenvalue weighted by atomic mass is 31.2. The number of rotatable bonds is 11. The molecule has 4 atom stereocenters. The van der Waals surface area contributed by atoms with Gasteiger partial charge in [0.15, 0.2) is 6.10 Å². The Hall–Kier alpha value is -2.26.